The molecule has 5 heteroatoms. The van der Waals surface area contributed by atoms with Crippen LogP contribution in [0.15, 0.2) is 35.8 Å². The Balaban J connectivity index is 1.77. The molecule has 0 aliphatic heterocycles. The van der Waals surface area contributed by atoms with E-state index in [4.69, 9.17) is 5.11 Å². The second-order valence-corrected chi connectivity index (χ2v) is 5.28. The number of rotatable bonds is 4. The van der Waals surface area contributed by atoms with Crippen LogP contribution in [-0.4, -0.2) is 14.5 Å². The molecule has 0 radical (unpaired) electrons. The van der Waals surface area contributed by atoms with Gasteiger partial charge in [0.15, 0.2) is 4.96 Å². The summed E-state index contributed by atoms with van der Waals surface area (Å²) in [6, 6.07) is 7.80. The van der Waals surface area contributed by atoms with E-state index in [-0.39, 0.29) is 6.61 Å². The number of aliphatic hydroxyl groups is 1. The van der Waals surface area contributed by atoms with Crippen molar-refractivity contribution in [2.75, 3.05) is 5.32 Å². The van der Waals surface area contributed by atoms with Crippen LogP contribution in [0.25, 0.3) is 4.96 Å². The van der Waals surface area contributed by atoms with E-state index in [1.807, 2.05) is 42.8 Å². The molecule has 4 nitrogen and oxygen atoms in total. The van der Waals surface area contributed by atoms with Crippen LogP contribution >= 0.6 is 11.3 Å². The van der Waals surface area contributed by atoms with Crippen molar-refractivity contribution >= 4 is 22.0 Å². The van der Waals surface area contributed by atoms with Crippen molar-refractivity contribution in [1.29, 1.82) is 0 Å². The molecule has 0 spiro atoms. The van der Waals surface area contributed by atoms with Gasteiger partial charge in [-0.15, -0.1) is 11.3 Å². The van der Waals surface area contributed by atoms with Crippen LogP contribution in [0.4, 0.5) is 5.69 Å². The molecule has 2 aromatic heterocycles. The summed E-state index contributed by atoms with van der Waals surface area (Å²) in [6.07, 6.45) is 2.05. The molecule has 0 aliphatic carbocycles. The van der Waals surface area contributed by atoms with Gasteiger partial charge in [-0.3, -0.25) is 4.40 Å². The van der Waals surface area contributed by atoms with E-state index < -0.39 is 0 Å². The topological polar surface area (TPSA) is 49.6 Å². The largest absolute Gasteiger partial charge is 0.392 e. The third-order valence-electron chi connectivity index (χ3n) is 3.16. The summed E-state index contributed by atoms with van der Waals surface area (Å²) in [5, 5.41) is 14.4. The molecule has 1 aromatic carbocycles. The summed E-state index contributed by atoms with van der Waals surface area (Å²) in [6.45, 7) is 2.85. The molecule has 0 atom stereocenters. The first-order valence-corrected chi connectivity index (χ1v) is 7.00. The van der Waals surface area contributed by atoms with Gasteiger partial charge in [-0.1, -0.05) is 12.1 Å². The minimum atomic E-state index is 0.0809. The molecule has 0 amide bonds. The summed E-state index contributed by atoms with van der Waals surface area (Å²) in [5.74, 6) is 0. The zero-order valence-corrected chi connectivity index (χ0v) is 11.4. The summed E-state index contributed by atoms with van der Waals surface area (Å²) < 4.78 is 2.12. The Morgan fingerprint density at radius 1 is 1.32 bits per heavy atom. The van der Waals surface area contributed by atoms with Crippen LogP contribution in [0, 0.1) is 6.92 Å². The van der Waals surface area contributed by atoms with Crippen molar-refractivity contribution < 1.29 is 5.11 Å². The molecule has 98 valence electrons. The third kappa shape index (κ3) is 2.34. The molecule has 2 N–H and O–H groups in total. The maximum Gasteiger partial charge on any atom is 0.194 e. The average molecular weight is 273 g/mol. The Hall–Kier alpha value is -1.85. The van der Waals surface area contributed by atoms with Gasteiger partial charge in [-0.2, -0.15) is 0 Å². The summed E-state index contributed by atoms with van der Waals surface area (Å²) >= 11 is 1.65. The van der Waals surface area contributed by atoms with Crippen LogP contribution in [0.5, 0.6) is 0 Å². The Labute approximate surface area is 115 Å². The van der Waals surface area contributed by atoms with Crippen molar-refractivity contribution in [3.63, 3.8) is 0 Å². The van der Waals surface area contributed by atoms with Crippen molar-refractivity contribution in [3.05, 3.63) is 52.8 Å². The zero-order chi connectivity index (χ0) is 13.2. The number of hydrogen-bond donors (Lipinski definition) is 2. The van der Waals surface area contributed by atoms with Gasteiger partial charge in [0.2, 0.25) is 0 Å². The number of aromatic nitrogens is 2. The predicted molar refractivity (Wildman–Crippen MR) is 77.5 cm³/mol. The fourth-order valence-corrected chi connectivity index (χ4v) is 2.85. The number of aliphatic hydroxyl groups excluding tert-OH is 1. The highest BCUT2D eigenvalue weighted by Crippen LogP contribution is 2.18. The van der Waals surface area contributed by atoms with Crippen LogP contribution in [0.2, 0.25) is 0 Å². The number of anilines is 1. The van der Waals surface area contributed by atoms with Gasteiger partial charge in [0.25, 0.3) is 0 Å². The molecule has 0 fully saturated rings. The lowest BCUT2D eigenvalue weighted by atomic mass is 10.2. The van der Waals surface area contributed by atoms with Crippen LogP contribution in [0.1, 0.15) is 17.0 Å². The third-order valence-corrected chi connectivity index (χ3v) is 3.91. The molecule has 0 unspecified atom stereocenters. The molecule has 0 aliphatic rings. The highest BCUT2D eigenvalue weighted by molar-refractivity contribution is 7.15. The van der Waals surface area contributed by atoms with E-state index in [9.17, 15) is 0 Å². The van der Waals surface area contributed by atoms with Crippen LogP contribution in [0.3, 0.4) is 0 Å². The van der Waals surface area contributed by atoms with E-state index in [1.165, 1.54) is 5.69 Å². The second-order valence-electron chi connectivity index (χ2n) is 4.41. The Morgan fingerprint density at radius 2 is 2.11 bits per heavy atom. The van der Waals surface area contributed by atoms with E-state index in [1.54, 1.807) is 11.3 Å². The second kappa shape index (κ2) is 5.03. The van der Waals surface area contributed by atoms with Crippen molar-refractivity contribution in [2.24, 2.45) is 0 Å². The maximum atomic E-state index is 9.01. The predicted octanol–water partition coefficient (Wildman–Crippen LogP) is 2.81. The fraction of sp³-hybridized carbons (Fsp3) is 0.214. The standard InChI is InChI=1S/C14H15N3OS/c1-10-13(17-6-7-19-14(17)16-10)8-15-12-4-2-11(9-18)3-5-12/h2-7,15,18H,8-9H2,1H3. The average Bonchev–Trinajstić information content (AvgIpc) is 2.98. The van der Waals surface area contributed by atoms with Crippen LogP contribution in [-0.2, 0) is 13.2 Å². The summed E-state index contributed by atoms with van der Waals surface area (Å²) in [4.78, 5) is 5.55. The number of thiazole rings is 1. The van der Waals surface area contributed by atoms with Gasteiger partial charge < -0.3 is 10.4 Å². The number of fused-ring (bicyclic) bond motifs is 1. The molecule has 19 heavy (non-hydrogen) atoms. The van der Waals surface area contributed by atoms with E-state index in [0.717, 1.165) is 28.5 Å². The van der Waals surface area contributed by atoms with Crippen LogP contribution < -0.4 is 5.32 Å². The number of imidazole rings is 1. The molecule has 0 saturated carbocycles. The first-order chi connectivity index (χ1) is 9.28. The Kier molecular flexibility index (Phi) is 3.23. The van der Waals surface area contributed by atoms with Gasteiger partial charge in [0.1, 0.15) is 0 Å². The molecular formula is C14H15N3OS. The molecule has 3 rings (SSSR count). The number of benzene rings is 1. The normalized spacial score (nSPS) is 11.1. The number of nitrogens with zero attached hydrogens (tertiary/aromatic N) is 2. The minimum Gasteiger partial charge on any atom is -0.392 e. The van der Waals surface area contributed by atoms with E-state index in [0.29, 0.717) is 0 Å². The van der Waals surface area contributed by atoms with E-state index >= 15 is 0 Å². The zero-order valence-electron chi connectivity index (χ0n) is 10.6. The SMILES string of the molecule is Cc1nc2sccn2c1CNc1ccc(CO)cc1. The van der Waals surface area contributed by atoms with Crippen molar-refractivity contribution in [3.8, 4) is 0 Å². The smallest absolute Gasteiger partial charge is 0.194 e. The Morgan fingerprint density at radius 3 is 2.84 bits per heavy atom. The number of aryl methyl sites for hydroxylation is 1. The number of hydrogen-bond acceptors (Lipinski definition) is 4. The molecule has 2 heterocycles. The first-order valence-electron chi connectivity index (χ1n) is 6.12. The molecule has 3 aromatic rings. The molecule has 0 bridgehead atoms. The van der Waals surface area contributed by atoms with Gasteiger partial charge in [-0.25, -0.2) is 4.98 Å². The quantitative estimate of drug-likeness (QED) is 0.768. The minimum absolute atomic E-state index is 0.0809. The van der Waals surface area contributed by atoms with Gasteiger partial charge in [-0.05, 0) is 24.6 Å². The highest BCUT2D eigenvalue weighted by atomic mass is 32.1. The lowest BCUT2D eigenvalue weighted by Crippen LogP contribution is -2.03. The lowest BCUT2D eigenvalue weighted by molar-refractivity contribution is 0.282. The van der Waals surface area contributed by atoms with Gasteiger partial charge in [0.05, 0.1) is 24.5 Å². The van der Waals surface area contributed by atoms with Crippen molar-refractivity contribution in [2.45, 2.75) is 20.1 Å². The van der Waals surface area contributed by atoms with Gasteiger partial charge >= 0.3 is 0 Å². The van der Waals surface area contributed by atoms with Crippen molar-refractivity contribution in [1.82, 2.24) is 9.38 Å². The lowest BCUT2D eigenvalue weighted by Gasteiger charge is -2.07. The summed E-state index contributed by atoms with van der Waals surface area (Å²) in [5.41, 5.74) is 4.21. The fourth-order valence-electron chi connectivity index (χ4n) is 2.07. The first kappa shape index (κ1) is 12.2. The van der Waals surface area contributed by atoms with Gasteiger partial charge in [0, 0.05) is 17.3 Å². The molecule has 0 saturated heterocycles. The summed E-state index contributed by atoms with van der Waals surface area (Å²) in [7, 11) is 0. The maximum absolute atomic E-state index is 9.01. The number of nitrogens with one attached hydrogen (secondary N) is 1. The monoisotopic (exact) mass is 273 g/mol. The van der Waals surface area contributed by atoms with E-state index in [2.05, 4.69) is 14.7 Å². The highest BCUT2D eigenvalue weighted by Gasteiger charge is 2.08. The Bertz CT molecular complexity index is 684. The molecular weight excluding hydrogens is 258 g/mol.